The number of amidine groups is 1. The van der Waals surface area contributed by atoms with E-state index in [0.29, 0.717) is 18.8 Å². The van der Waals surface area contributed by atoms with Crippen LogP contribution in [0.3, 0.4) is 0 Å². The van der Waals surface area contributed by atoms with E-state index in [-0.39, 0.29) is 5.84 Å². The van der Waals surface area contributed by atoms with Crippen molar-refractivity contribution in [3.63, 3.8) is 0 Å². The number of nitrogens with zero attached hydrogens (tertiary/aromatic N) is 3. The number of hydrogen-bond acceptors (Lipinski definition) is 6. The fourth-order valence-corrected chi connectivity index (χ4v) is 1.76. The second-order valence-corrected chi connectivity index (χ2v) is 3.93. The Morgan fingerprint density at radius 2 is 2.00 bits per heavy atom. The summed E-state index contributed by atoms with van der Waals surface area (Å²) < 4.78 is 0. The molecular weight excluding hydrogens is 224 g/mol. The summed E-state index contributed by atoms with van der Waals surface area (Å²) in [5.41, 5.74) is 6.53. The number of nitrogens with two attached hydrogens (primary N) is 1. The van der Waals surface area contributed by atoms with Crippen LogP contribution in [-0.4, -0.2) is 51.5 Å². The van der Waals surface area contributed by atoms with Gasteiger partial charge in [0.1, 0.15) is 5.69 Å². The zero-order chi connectivity index (χ0) is 12.4. The third-order valence-corrected chi connectivity index (χ3v) is 2.74. The van der Waals surface area contributed by atoms with Gasteiger partial charge in [0, 0.05) is 13.1 Å². The first-order chi connectivity index (χ1) is 8.11. The number of anilines is 1. The van der Waals surface area contributed by atoms with Gasteiger partial charge in [-0.2, -0.15) is 0 Å². The maximum absolute atomic E-state index is 9.43. The molecule has 0 saturated carbocycles. The van der Waals surface area contributed by atoms with Crippen molar-refractivity contribution in [1.29, 1.82) is 0 Å². The van der Waals surface area contributed by atoms with Gasteiger partial charge in [0.15, 0.2) is 5.84 Å². The summed E-state index contributed by atoms with van der Waals surface area (Å²) in [5, 5.41) is 30.2. The third-order valence-electron chi connectivity index (χ3n) is 2.74. The fourth-order valence-electron chi connectivity index (χ4n) is 1.76. The molecule has 7 heteroatoms. The van der Waals surface area contributed by atoms with Crippen molar-refractivity contribution in [1.82, 2.24) is 4.98 Å². The van der Waals surface area contributed by atoms with E-state index in [9.17, 15) is 10.2 Å². The van der Waals surface area contributed by atoms with Gasteiger partial charge in [-0.3, -0.25) is 4.98 Å². The van der Waals surface area contributed by atoms with E-state index in [2.05, 4.69) is 10.1 Å². The van der Waals surface area contributed by atoms with Crippen LogP contribution in [0.5, 0.6) is 0 Å². The van der Waals surface area contributed by atoms with Gasteiger partial charge < -0.3 is 26.1 Å². The molecule has 1 aliphatic heterocycles. The normalized spacial score (nSPS) is 25.3. The molecule has 5 N–H and O–H groups in total. The molecule has 0 aromatic carbocycles. The predicted molar refractivity (Wildman–Crippen MR) is 61.0 cm³/mol. The smallest absolute Gasteiger partial charge is 0.188 e. The van der Waals surface area contributed by atoms with Gasteiger partial charge in [0.05, 0.1) is 24.1 Å². The number of rotatable bonds is 2. The molecule has 17 heavy (non-hydrogen) atoms. The van der Waals surface area contributed by atoms with E-state index in [1.807, 2.05) is 4.90 Å². The van der Waals surface area contributed by atoms with Crippen molar-refractivity contribution in [3.8, 4) is 0 Å². The molecule has 1 aliphatic rings. The fraction of sp³-hybridized carbons (Fsp3) is 0.400. The van der Waals surface area contributed by atoms with Gasteiger partial charge in [-0.15, -0.1) is 0 Å². The van der Waals surface area contributed by atoms with Gasteiger partial charge in [0.25, 0.3) is 0 Å². The van der Waals surface area contributed by atoms with E-state index in [1.165, 1.54) is 0 Å². The lowest BCUT2D eigenvalue weighted by Crippen LogP contribution is -2.22. The number of hydrogen-bond donors (Lipinski definition) is 4. The molecule has 0 bridgehead atoms. The van der Waals surface area contributed by atoms with Crippen molar-refractivity contribution in [2.24, 2.45) is 10.9 Å². The van der Waals surface area contributed by atoms with Crippen LogP contribution in [0.2, 0.25) is 0 Å². The Bertz CT molecular complexity index is 410. The van der Waals surface area contributed by atoms with E-state index < -0.39 is 12.2 Å². The maximum atomic E-state index is 9.43. The van der Waals surface area contributed by atoms with Crippen LogP contribution in [0.1, 0.15) is 5.69 Å². The van der Waals surface area contributed by atoms with Crippen LogP contribution in [-0.2, 0) is 0 Å². The van der Waals surface area contributed by atoms with Gasteiger partial charge >= 0.3 is 0 Å². The summed E-state index contributed by atoms with van der Waals surface area (Å²) >= 11 is 0. The summed E-state index contributed by atoms with van der Waals surface area (Å²) in [7, 11) is 0. The Labute approximate surface area is 97.8 Å². The standard InChI is InChI=1S/C10H14N4O3/c11-10(13-17)7-2-1-6(3-12-7)14-4-8(15)9(16)5-14/h1-3,8-9,15-17H,4-5H2,(H2,11,13). The minimum Gasteiger partial charge on any atom is -0.409 e. The largest absolute Gasteiger partial charge is 0.409 e. The Kier molecular flexibility index (Phi) is 3.12. The second kappa shape index (κ2) is 4.56. The molecule has 92 valence electrons. The molecule has 1 saturated heterocycles. The van der Waals surface area contributed by atoms with E-state index in [1.54, 1.807) is 18.3 Å². The highest BCUT2D eigenvalue weighted by molar-refractivity contribution is 5.95. The van der Waals surface area contributed by atoms with Crippen molar-refractivity contribution in [3.05, 3.63) is 24.0 Å². The lowest BCUT2D eigenvalue weighted by molar-refractivity contribution is 0.0572. The number of oxime groups is 1. The Hall–Kier alpha value is -1.86. The van der Waals surface area contributed by atoms with Crippen molar-refractivity contribution in [2.45, 2.75) is 12.2 Å². The molecule has 0 spiro atoms. The number of β-amino-alcohol motifs (C(OH)–C–C–N with tert-alkyl or cyclic N) is 2. The number of aliphatic hydroxyl groups is 2. The van der Waals surface area contributed by atoms with Crippen molar-refractivity contribution in [2.75, 3.05) is 18.0 Å². The van der Waals surface area contributed by atoms with Gasteiger partial charge in [0.2, 0.25) is 0 Å². The average molecular weight is 238 g/mol. The quantitative estimate of drug-likeness (QED) is 0.221. The Morgan fingerprint density at radius 3 is 2.47 bits per heavy atom. The molecule has 1 aromatic heterocycles. The van der Waals surface area contributed by atoms with Gasteiger partial charge in [-0.1, -0.05) is 5.16 Å². The molecule has 0 amide bonds. The summed E-state index contributed by atoms with van der Waals surface area (Å²) in [4.78, 5) is 5.84. The summed E-state index contributed by atoms with van der Waals surface area (Å²) in [6.45, 7) is 0.734. The zero-order valence-corrected chi connectivity index (χ0v) is 9.06. The Morgan fingerprint density at radius 1 is 1.35 bits per heavy atom. The first-order valence-electron chi connectivity index (χ1n) is 5.17. The number of pyridine rings is 1. The topological polar surface area (TPSA) is 115 Å². The zero-order valence-electron chi connectivity index (χ0n) is 9.06. The molecule has 1 aromatic rings. The predicted octanol–water partition coefficient (Wildman–Crippen LogP) is -1.28. The van der Waals surface area contributed by atoms with E-state index in [0.717, 1.165) is 5.69 Å². The molecule has 2 rings (SSSR count). The molecule has 0 aliphatic carbocycles. The van der Waals surface area contributed by atoms with Crippen LogP contribution < -0.4 is 10.6 Å². The highest BCUT2D eigenvalue weighted by atomic mass is 16.4. The average Bonchev–Trinajstić information content (AvgIpc) is 2.69. The molecule has 1 fully saturated rings. The van der Waals surface area contributed by atoms with Crippen molar-refractivity contribution < 1.29 is 15.4 Å². The van der Waals surface area contributed by atoms with Gasteiger partial charge in [-0.05, 0) is 12.1 Å². The monoisotopic (exact) mass is 238 g/mol. The molecule has 2 heterocycles. The highest BCUT2D eigenvalue weighted by Crippen LogP contribution is 2.19. The second-order valence-electron chi connectivity index (χ2n) is 3.93. The highest BCUT2D eigenvalue weighted by Gasteiger charge is 2.29. The summed E-state index contributed by atoms with van der Waals surface area (Å²) in [6.07, 6.45) is 0.0792. The summed E-state index contributed by atoms with van der Waals surface area (Å²) in [5.74, 6) is -0.0574. The minimum atomic E-state index is -0.737. The molecule has 2 atom stereocenters. The first kappa shape index (κ1) is 11.6. The molecule has 0 radical (unpaired) electrons. The van der Waals surface area contributed by atoms with Crippen LogP contribution in [0.15, 0.2) is 23.5 Å². The molecule has 7 nitrogen and oxygen atoms in total. The van der Waals surface area contributed by atoms with E-state index in [4.69, 9.17) is 10.9 Å². The molecule has 2 unspecified atom stereocenters. The SMILES string of the molecule is N/C(=N/O)c1ccc(N2CC(O)C(O)C2)cn1. The van der Waals surface area contributed by atoms with Crippen LogP contribution >= 0.6 is 0 Å². The maximum Gasteiger partial charge on any atom is 0.188 e. The van der Waals surface area contributed by atoms with Crippen LogP contribution in [0.25, 0.3) is 0 Å². The lowest BCUT2D eigenvalue weighted by atomic mass is 10.3. The van der Waals surface area contributed by atoms with Crippen molar-refractivity contribution >= 4 is 11.5 Å². The summed E-state index contributed by atoms with van der Waals surface area (Å²) in [6, 6.07) is 3.35. The third kappa shape index (κ3) is 2.29. The lowest BCUT2D eigenvalue weighted by Gasteiger charge is -2.17. The van der Waals surface area contributed by atoms with Gasteiger partial charge in [-0.25, -0.2) is 0 Å². The van der Waals surface area contributed by atoms with E-state index >= 15 is 0 Å². The number of aliphatic hydroxyl groups excluding tert-OH is 2. The first-order valence-corrected chi connectivity index (χ1v) is 5.17. The number of aromatic nitrogens is 1. The minimum absolute atomic E-state index is 0.0574. The molecular formula is C10H14N4O3. The van der Waals surface area contributed by atoms with Crippen LogP contribution in [0.4, 0.5) is 5.69 Å². The Balaban J connectivity index is 2.14. The van der Waals surface area contributed by atoms with Crippen LogP contribution in [0, 0.1) is 0 Å².